The molecule has 0 bridgehead atoms. The van der Waals surface area contributed by atoms with Gasteiger partial charge in [-0.1, -0.05) is 0 Å². The molecule has 4 rings (SSSR count). The summed E-state index contributed by atoms with van der Waals surface area (Å²) in [5.74, 6) is -0.00644. The first kappa shape index (κ1) is 19.2. The van der Waals surface area contributed by atoms with Crippen molar-refractivity contribution in [3.05, 3.63) is 106 Å². The molecule has 4 heteroatoms. The zero-order valence-electron chi connectivity index (χ0n) is 15.2. The van der Waals surface area contributed by atoms with Crippen LogP contribution in [0.1, 0.15) is 27.9 Å². The molecule has 1 heterocycles. The van der Waals surface area contributed by atoms with Crippen LogP contribution in [-0.2, 0) is 3.83 Å². The second-order valence-electron chi connectivity index (χ2n) is 6.78. The predicted octanol–water partition coefficient (Wildman–Crippen LogP) is 6.44. The Hall–Kier alpha value is -2.13. The molecule has 0 amide bonds. The number of carbonyl (C=O) groups excluding carboxylic acids is 1. The van der Waals surface area contributed by atoms with Crippen LogP contribution >= 0.6 is 15.9 Å². The first-order valence-electron chi connectivity index (χ1n) is 9.13. The third-order valence-electron chi connectivity index (χ3n) is 5.02. The van der Waals surface area contributed by atoms with Crippen molar-refractivity contribution in [2.24, 2.45) is 0 Å². The van der Waals surface area contributed by atoms with Crippen LogP contribution in [0.25, 0.3) is 11.1 Å². The summed E-state index contributed by atoms with van der Waals surface area (Å²) in [6.07, 6.45) is 0.525. The van der Waals surface area contributed by atoms with Crippen LogP contribution in [0.4, 0.5) is 0 Å². The van der Waals surface area contributed by atoms with Gasteiger partial charge in [0.15, 0.2) is 0 Å². The van der Waals surface area contributed by atoms with Crippen LogP contribution in [0.5, 0.6) is 0 Å². The Morgan fingerprint density at radius 2 is 1.32 bits per heavy atom. The second kappa shape index (κ2) is 8.48. The van der Waals surface area contributed by atoms with Crippen LogP contribution in [0, 0.1) is 0 Å². The third kappa shape index (κ3) is 4.00. The maximum absolute atomic E-state index is 13.2. The number of halogens is 1. The molecule has 28 heavy (non-hydrogen) atoms. The van der Waals surface area contributed by atoms with Crippen LogP contribution in [0.15, 0.2) is 89.4 Å². The molecule has 2 unspecified atom stereocenters. The number of ketones is 1. The van der Waals surface area contributed by atoms with E-state index in [1.807, 2.05) is 60.7 Å². The van der Waals surface area contributed by atoms with Crippen molar-refractivity contribution in [1.29, 1.82) is 0 Å². The first-order chi connectivity index (χ1) is 13.6. The van der Waals surface area contributed by atoms with Crippen molar-refractivity contribution in [3.8, 4) is 0 Å². The van der Waals surface area contributed by atoms with E-state index in [0.717, 1.165) is 26.7 Å². The van der Waals surface area contributed by atoms with E-state index in [9.17, 15) is 8.63 Å². The van der Waals surface area contributed by atoms with E-state index < -0.39 is 18.6 Å². The van der Waals surface area contributed by atoms with Gasteiger partial charge in [0.05, 0.1) is 0 Å². The molecule has 0 radical (unpaired) electrons. The van der Waals surface area contributed by atoms with Crippen LogP contribution in [0.2, 0.25) is 10.1 Å². The summed E-state index contributed by atoms with van der Waals surface area (Å²) < 4.78 is 14.1. The fourth-order valence-electron chi connectivity index (χ4n) is 3.57. The van der Waals surface area contributed by atoms with Crippen LogP contribution < -0.4 is 0 Å². The van der Waals surface area contributed by atoms with E-state index in [2.05, 4.69) is 40.2 Å². The molecule has 0 aromatic heterocycles. The Morgan fingerprint density at radius 3 is 1.89 bits per heavy atom. The Bertz CT molecular complexity index is 1040. The van der Waals surface area contributed by atoms with Gasteiger partial charge < -0.3 is 0 Å². The summed E-state index contributed by atoms with van der Waals surface area (Å²) in [4.78, 5) is 12.7. The van der Waals surface area contributed by atoms with Gasteiger partial charge in [0.25, 0.3) is 0 Å². The Labute approximate surface area is 177 Å². The molecular weight excluding hydrogens is 479 g/mol. The monoisotopic (exact) mass is 498 g/mol. The van der Waals surface area contributed by atoms with E-state index in [4.69, 9.17) is 0 Å². The molecule has 0 aliphatic carbocycles. The zero-order chi connectivity index (χ0) is 19.5. The Morgan fingerprint density at radius 1 is 0.786 bits per heavy atom. The summed E-state index contributed by atoms with van der Waals surface area (Å²) in [5.41, 5.74) is 5.09. The molecule has 3 aromatic carbocycles. The van der Waals surface area contributed by atoms with Gasteiger partial charge in [-0.3, -0.25) is 0 Å². The van der Waals surface area contributed by atoms with Crippen molar-refractivity contribution < 1.29 is 8.63 Å². The second-order valence-corrected chi connectivity index (χ2v) is 11.1. The van der Waals surface area contributed by atoms with Crippen molar-refractivity contribution in [2.45, 2.75) is 16.6 Å². The predicted molar refractivity (Wildman–Crippen MR) is 118 cm³/mol. The fourth-order valence-corrected chi connectivity index (χ4v) is 7.10. The normalized spacial score (nSPS) is 19.5. The minimum absolute atomic E-state index is 0.00644. The molecule has 0 saturated heterocycles. The average molecular weight is 498 g/mol. The molecule has 3 aromatic rings. The quantitative estimate of drug-likeness (QED) is 0.307. The van der Waals surface area contributed by atoms with Gasteiger partial charge >= 0.3 is 178 Å². The summed E-state index contributed by atoms with van der Waals surface area (Å²) >= 11 is 1.05. The molecule has 0 N–H and O–H groups in total. The number of hydrogen-bond acceptors (Lipinski definition) is 2. The third-order valence-corrected chi connectivity index (χ3v) is 8.89. The van der Waals surface area contributed by atoms with Gasteiger partial charge in [0.2, 0.25) is 0 Å². The molecule has 2 nitrogen and oxygen atoms in total. The number of rotatable bonds is 4. The van der Waals surface area contributed by atoms with Gasteiger partial charge in [-0.25, -0.2) is 0 Å². The number of Topliss-reactive ketones (excluding diaryl/α,β-unsaturated/α-hetero) is 1. The van der Waals surface area contributed by atoms with E-state index in [1.165, 1.54) is 0 Å². The summed E-state index contributed by atoms with van der Waals surface area (Å²) in [7, 11) is 0. The van der Waals surface area contributed by atoms with E-state index in [-0.39, 0.29) is 5.78 Å². The zero-order valence-corrected chi connectivity index (χ0v) is 18.5. The summed E-state index contributed by atoms with van der Waals surface area (Å²) in [5, 5.41) is 0.487. The Kier molecular flexibility index (Phi) is 5.82. The number of benzene rings is 3. The standard InChI is InChI=1S/C24H19BrO2Se/c25-20-13-11-19(12-14-20)24(26)23-15-21(17-7-3-1-4-8-17)22(16-28(23)27)18-9-5-2-6-10-18/h1-14,23H,15-16H2. The molecule has 1 aliphatic heterocycles. The number of hydrogen-bond donors (Lipinski definition) is 0. The number of allylic oxidation sites excluding steroid dienone is 2. The first-order valence-corrected chi connectivity index (χ1v) is 12.8. The van der Waals surface area contributed by atoms with Crippen molar-refractivity contribution in [2.75, 3.05) is 0 Å². The van der Waals surface area contributed by atoms with Crippen LogP contribution in [-0.4, -0.2) is 19.6 Å². The van der Waals surface area contributed by atoms with E-state index in [0.29, 0.717) is 17.3 Å². The molecule has 0 spiro atoms. The average Bonchev–Trinajstić information content (AvgIpc) is 2.75. The Balaban J connectivity index is 1.76. The minimum atomic E-state index is -2.35. The molecular formula is C24H19BrO2Se. The molecule has 1 aliphatic rings. The molecule has 140 valence electrons. The van der Waals surface area contributed by atoms with Gasteiger partial charge in [-0.05, 0) is 0 Å². The van der Waals surface area contributed by atoms with E-state index >= 15 is 0 Å². The molecule has 0 saturated carbocycles. The topological polar surface area (TPSA) is 34.1 Å². The molecule has 2 atom stereocenters. The molecule has 0 fully saturated rings. The van der Waals surface area contributed by atoms with Crippen molar-refractivity contribution in [1.82, 2.24) is 0 Å². The maximum atomic E-state index is 13.2. The van der Waals surface area contributed by atoms with E-state index in [1.54, 1.807) is 0 Å². The fraction of sp³-hybridized carbons (Fsp3) is 0.125. The summed E-state index contributed by atoms with van der Waals surface area (Å²) in [6, 6.07) is 27.6. The number of carbonyl (C=O) groups is 1. The van der Waals surface area contributed by atoms with Gasteiger partial charge in [-0.15, -0.1) is 0 Å². The van der Waals surface area contributed by atoms with Gasteiger partial charge in [-0.2, -0.15) is 0 Å². The summed E-state index contributed by atoms with van der Waals surface area (Å²) in [6.45, 7) is 0. The van der Waals surface area contributed by atoms with Gasteiger partial charge in [0.1, 0.15) is 0 Å². The van der Waals surface area contributed by atoms with Crippen molar-refractivity contribution in [3.63, 3.8) is 0 Å². The van der Waals surface area contributed by atoms with Gasteiger partial charge in [0, 0.05) is 0 Å². The van der Waals surface area contributed by atoms with Crippen molar-refractivity contribution >= 4 is 46.7 Å². The SMILES string of the molecule is O=C(c1ccc(Br)cc1)C1CC(c2ccccc2)=C(c2ccccc2)C[Se]1=O. The van der Waals surface area contributed by atoms with Crippen LogP contribution in [0.3, 0.4) is 0 Å².